The summed E-state index contributed by atoms with van der Waals surface area (Å²) in [4.78, 5) is 17.3. The molecule has 0 aliphatic carbocycles. The molecule has 5 heteroatoms. The van der Waals surface area contributed by atoms with Crippen LogP contribution in [0.3, 0.4) is 0 Å². The minimum atomic E-state index is -0.0950. The molecule has 1 aliphatic heterocycles. The first kappa shape index (κ1) is 9.92. The molecule has 0 radical (unpaired) electrons. The normalized spacial score (nSPS) is 20.8. The number of ether oxygens (including phenoxy) is 1. The molecule has 0 aromatic carbocycles. The van der Waals surface area contributed by atoms with E-state index in [0.717, 1.165) is 0 Å². The Labute approximate surface area is 87.8 Å². The van der Waals surface area contributed by atoms with Crippen molar-refractivity contribution in [3.63, 3.8) is 0 Å². The number of nitrogens with zero attached hydrogens (tertiary/aromatic N) is 2. The van der Waals surface area contributed by atoms with Gasteiger partial charge in [0.25, 0.3) is 0 Å². The summed E-state index contributed by atoms with van der Waals surface area (Å²) in [5.41, 5.74) is 6.41. The average Bonchev–Trinajstić information content (AvgIpc) is 2.57. The van der Waals surface area contributed by atoms with E-state index in [9.17, 15) is 4.79 Å². The van der Waals surface area contributed by atoms with E-state index in [-0.39, 0.29) is 11.9 Å². The summed E-state index contributed by atoms with van der Waals surface area (Å²) in [5.74, 6) is 0.480. The standard InChI is InChI=1S/C10H13N3O2/c1-15-10-8(3-2-4-12-10)13-6-7(11)5-9(13)14/h2-4,7H,5-6,11H2,1H3. The number of aromatic nitrogens is 1. The Morgan fingerprint density at radius 1 is 1.67 bits per heavy atom. The Balaban J connectivity index is 2.33. The lowest BCUT2D eigenvalue weighted by atomic mass is 10.3. The van der Waals surface area contributed by atoms with Gasteiger partial charge in [-0.2, -0.15) is 0 Å². The number of carbonyl (C=O) groups is 1. The first-order valence-electron chi connectivity index (χ1n) is 4.77. The van der Waals surface area contributed by atoms with Crippen LogP contribution >= 0.6 is 0 Å². The number of pyridine rings is 1. The largest absolute Gasteiger partial charge is 0.480 e. The number of methoxy groups -OCH3 is 1. The molecule has 1 aromatic rings. The highest BCUT2D eigenvalue weighted by molar-refractivity contribution is 5.97. The summed E-state index contributed by atoms with van der Waals surface area (Å²) >= 11 is 0. The van der Waals surface area contributed by atoms with E-state index >= 15 is 0 Å². The van der Waals surface area contributed by atoms with Crippen LogP contribution in [0.25, 0.3) is 0 Å². The quantitative estimate of drug-likeness (QED) is 0.749. The van der Waals surface area contributed by atoms with Crippen molar-refractivity contribution in [2.45, 2.75) is 12.5 Å². The van der Waals surface area contributed by atoms with Gasteiger partial charge in [0, 0.05) is 25.2 Å². The molecule has 2 rings (SSSR count). The molecule has 1 amide bonds. The van der Waals surface area contributed by atoms with Gasteiger partial charge in [0.1, 0.15) is 5.69 Å². The molecule has 80 valence electrons. The molecule has 1 unspecified atom stereocenters. The van der Waals surface area contributed by atoms with Crippen molar-refractivity contribution in [3.8, 4) is 5.88 Å². The van der Waals surface area contributed by atoms with Crippen molar-refractivity contribution in [2.75, 3.05) is 18.6 Å². The Kier molecular flexibility index (Phi) is 2.55. The molecule has 1 atom stereocenters. The summed E-state index contributed by atoms with van der Waals surface area (Å²) in [6.07, 6.45) is 2.01. The second kappa shape index (κ2) is 3.86. The number of amides is 1. The zero-order chi connectivity index (χ0) is 10.8. The SMILES string of the molecule is COc1ncccc1N1CC(N)CC1=O. The molecule has 5 nitrogen and oxygen atoms in total. The number of anilines is 1. The molecule has 0 spiro atoms. The highest BCUT2D eigenvalue weighted by atomic mass is 16.5. The van der Waals surface area contributed by atoms with E-state index in [4.69, 9.17) is 10.5 Å². The van der Waals surface area contributed by atoms with Crippen molar-refractivity contribution < 1.29 is 9.53 Å². The molecule has 1 aliphatic rings. The summed E-state index contributed by atoms with van der Waals surface area (Å²) in [7, 11) is 1.53. The predicted molar refractivity (Wildman–Crippen MR) is 55.7 cm³/mol. The van der Waals surface area contributed by atoms with Gasteiger partial charge in [-0.3, -0.25) is 4.79 Å². The number of nitrogens with two attached hydrogens (primary N) is 1. The number of hydrogen-bond donors (Lipinski definition) is 1. The molecule has 15 heavy (non-hydrogen) atoms. The monoisotopic (exact) mass is 207 g/mol. The van der Waals surface area contributed by atoms with Gasteiger partial charge in [0.15, 0.2) is 0 Å². The van der Waals surface area contributed by atoms with E-state index in [1.165, 1.54) is 7.11 Å². The van der Waals surface area contributed by atoms with Crippen LogP contribution in [0.1, 0.15) is 6.42 Å². The molecular formula is C10H13N3O2. The van der Waals surface area contributed by atoms with Crippen LogP contribution in [-0.4, -0.2) is 30.6 Å². The molecular weight excluding hydrogens is 194 g/mol. The lowest BCUT2D eigenvalue weighted by Crippen LogP contribution is -2.28. The van der Waals surface area contributed by atoms with Crippen molar-refractivity contribution in [1.82, 2.24) is 4.98 Å². The minimum Gasteiger partial charge on any atom is -0.480 e. The molecule has 0 bridgehead atoms. The molecule has 1 saturated heterocycles. The van der Waals surface area contributed by atoms with Gasteiger partial charge >= 0.3 is 0 Å². The van der Waals surface area contributed by atoms with Crippen molar-refractivity contribution in [3.05, 3.63) is 18.3 Å². The van der Waals surface area contributed by atoms with Gasteiger partial charge in [-0.1, -0.05) is 0 Å². The number of carbonyl (C=O) groups excluding carboxylic acids is 1. The fourth-order valence-corrected chi connectivity index (χ4v) is 1.71. The van der Waals surface area contributed by atoms with Crippen molar-refractivity contribution >= 4 is 11.6 Å². The Morgan fingerprint density at radius 3 is 3.07 bits per heavy atom. The van der Waals surface area contributed by atoms with Gasteiger partial charge < -0.3 is 15.4 Å². The van der Waals surface area contributed by atoms with E-state index in [1.54, 1.807) is 17.2 Å². The van der Waals surface area contributed by atoms with E-state index in [2.05, 4.69) is 4.98 Å². The maximum Gasteiger partial charge on any atom is 0.237 e. The second-order valence-corrected chi connectivity index (χ2v) is 3.50. The highest BCUT2D eigenvalue weighted by Gasteiger charge is 2.30. The summed E-state index contributed by atoms with van der Waals surface area (Å²) in [6, 6.07) is 3.49. The van der Waals surface area contributed by atoms with Crippen LogP contribution in [0.2, 0.25) is 0 Å². The van der Waals surface area contributed by atoms with E-state index in [1.807, 2.05) is 6.07 Å². The minimum absolute atomic E-state index is 0.0220. The third kappa shape index (κ3) is 1.78. The molecule has 1 fully saturated rings. The summed E-state index contributed by atoms with van der Waals surface area (Å²) < 4.78 is 5.10. The van der Waals surface area contributed by atoms with Crippen LogP contribution in [0.5, 0.6) is 5.88 Å². The van der Waals surface area contributed by atoms with Gasteiger partial charge in [-0.25, -0.2) is 4.98 Å². The highest BCUT2D eigenvalue weighted by Crippen LogP contribution is 2.28. The van der Waals surface area contributed by atoms with Crippen LogP contribution in [0.15, 0.2) is 18.3 Å². The van der Waals surface area contributed by atoms with Gasteiger partial charge in [0.05, 0.1) is 7.11 Å². The topological polar surface area (TPSA) is 68.4 Å². The lowest BCUT2D eigenvalue weighted by molar-refractivity contribution is -0.117. The van der Waals surface area contributed by atoms with Crippen molar-refractivity contribution in [2.24, 2.45) is 5.73 Å². The van der Waals surface area contributed by atoms with Gasteiger partial charge in [-0.05, 0) is 12.1 Å². The Hall–Kier alpha value is -1.62. The third-order valence-electron chi connectivity index (χ3n) is 2.39. The second-order valence-electron chi connectivity index (χ2n) is 3.50. The van der Waals surface area contributed by atoms with Crippen LogP contribution in [0.4, 0.5) is 5.69 Å². The summed E-state index contributed by atoms with van der Waals surface area (Å²) in [6.45, 7) is 0.529. The third-order valence-corrected chi connectivity index (χ3v) is 2.39. The maximum atomic E-state index is 11.6. The van der Waals surface area contributed by atoms with Crippen LogP contribution in [0, 0.1) is 0 Å². The fourth-order valence-electron chi connectivity index (χ4n) is 1.71. The molecule has 2 heterocycles. The van der Waals surface area contributed by atoms with Crippen molar-refractivity contribution in [1.29, 1.82) is 0 Å². The lowest BCUT2D eigenvalue weighted by Gasteiger charge is -2.17. The van der Waals surface area contributed by atoms with Crippen LogP contribution in [-0.2, 0) is 4.79 Å². The van der Waals surface area contributed by atoms with Gasteiger partial charge in [0.2, 0.25) is 11.8 Å². The van der Waals surface area contributed by atoms with Gasteiger partial charge in [-0.15, -0.1) is 0 Å². The van der Waals surface area contributed by atoms with E-state index < -0.39 is 0 Å². The zero-order valence-electron chi connectivity index (χ0n) is 8.51. The molecule has 1 aromatic heterocycles. The van der Waals surface area contributed by atoms with Crippen LogP contribution < -0.4 is 15.4 Å². The van der Waals surface area contributed by atoms with E-state index in [0.29, 0.717) is 24.5 Å². The fraction of sp³-hybridized carbons (Fsp3) is 0.400. The number of hydrogen-bond acceptors (Lipinski definition) is 4. The summed E-state index contributed by atoms with van der Waals surface area (Å²) in [5, 5.41) is 0. The Bertz CT molecular complexity index is 381. The average molecular weight is 207 g/mol. The zero-order valence-corrected chi connectivity index (χ0v) is 8.51. The first-order chi connectivity index (χ1) is 7.22. The smallest absolute Gasteiger partial charge is 0.237 e. The molecule has 2 N–H and O–H groups in total. The molecule has 0 saturated carbocycles. The predicted octanol–water partition coefficient (Wildman–Crippen LogP) is 0.154. The maximum absolute atomic E-state index is 11.6. The first-order valence-corrected chi connectivity index (χ1v) is 4.77. The Morgan fingerprint density at radius 2 is 2.47 bits per heavy atom. The number of rotatable bonds is 2.